The van der Waals surface area contributed by atoms with Gasteiger partial charge in [0.05, 0.1) is 11.9 Å². The summed E-state index contributed by atoms with van der Waals surface area (Å²) in [6, 6.07) is 15.8. The fourth-order valence-corrected chi connectivity index (χ4v) is 2.90. The number of fused-ring (bicyclic) bond motifs is 1. The van der Waals surface area contributed by atoms with Crippen molar-refractivity contribution in [2.75, 3.05) is 23.8 Å². The van der Waals surface area contributed by atoms with Gasteiger partial charge < -0.3 is 20.1 Å². The number of aromatic nitrogens is 1. The zero-order valence-electron chi connectivity index (χ0n) is 15.8. The number of benzene rings is 2. The third-order valence-electron chi connectivity index (χ3n) is 4.35. The Morgan fingerprint density at radius 2 is 1.69 bits per heavy atom. The van der Waals surface area contributed by atoms with E-state index < -0.39 is 0 Å². The molecule has 7 heteroatoms. The van der Waals surface area contributed by atoms with E-state index in [4.69, 9.17) is 9.47 Å². The molecule has 0 saturated carbocycles. The summed E-state index contributed by atoms with van der Waals surface area (Å²) < 4.78 is 11.1. The minimum absolute atomic E-state index is 0.0613. The van der Waals surface area contributed by atoms with Crippen LogP contribution in [0.25, 0.3) is 0 Å². The van der Waals surface area contributed by atoms with Gasteiger partial charge in [-0.2, -0.15) is 0 Å². The lowest BCUT2D eigenvalue weighted by Crippen LogP contribution is -2.15. The number of nitrogens with zero attached hydrogens (tertiary/aromatic N) is 1. The molecule has 4 rings (SSSR count). The first-order valence-electron chi connectivity index (χ1n) is 9.13. The Morgan fingerprint density at radius 3 is 2.45 bits per heavy atom. The van der Waals surface area contributed by atoms with E-state index in [9.17, 15) is 9.59 Å². The number of ether oxygens (including phenoxy) is 2. The van der Waals surface area contributed by atoms with Crippen LogP contribution < -0.4 is 20.1 Å². The molecule has 1 aliphatic heterocycles. The van der Waals surface area contributed by atoms with Crippen molar-refractivity contribution in [1.82, 2.24) is 4.98 Å². The molecule has 2 N–H and O–H groups in total. The fraction of sp³-hybridized carbons (Fsp3) is 0.136. The van der Waals surface area contributed by atoms with E-state index in [-0.39, 0.29) is 17.4 Å². The van der Waals surface area contributed by atoms with Gasteiger partial charge in [-0.3, -0.25) is 9.59 Å². The number of anilines is 3. The zero-order chi connectivity index (χ0) is 20.2. The molecule has 0 saturated heterocycles. The summed E-state index contributed by atoms with van der Waals surface area (Å²) in [5, 5.41) is 5.97. The highest BCUT2D eigenvalue weighted by molar-refractivity contribution is 6.04. The lowest BCUT2D eigenvalue weighted by atomic mass is 10.1. The molecule has 2 heterocycles. The molecule has 0 unspecified atom stereocenters. The molecule has 0 fully saturated rings. The van der Waals surface area contributed by atoms with Crippen LogP contribution in [-0.2, 0) is 0 Å². The second-order valence-corrected chi connectivity index (χ2v) is 6.51. The van der Waals surface area contributed by atoms with Crippen molar-refractivity contribution in [3.8, 4) is 11.5 Å². The van der Waals surface area contributed by atoms with Gasteiger partial charge in [-0.25, -0.2) is 4.98 Å². The minimum Gasteiger partial charge on any atom is -0.486 e. The maximum absolute atomic E-state index is 12.4. The standard InChI is InChI=1S/C22H19N3O4/c1-14(26)15-3-2-4-16(11-15)25-22(27)19-7-5-18(13-23-19)24-17-6-8-20-21(12-17)29-10-9-28-20/h2-8,11-13,24H,9-10H2,1H3,(H,25,27). The maximum Gasteiger partial charge on any atom is 0.274 e. The average Bonchev–Trinajstić information content (AvgIpc) is 2.74. The van der Waals surface area contributed by atoms with Gasteiger partial charge in [-0.05, 0) is 43.3 Å². The summed E-state index contributed by atoms with van der Waals surface area (Å²) in [6.07, 6.45) is 1.58. The topological polar surface area (TPSA) is 89.6 Å². The highest BCUT2D eigenvalue weighted by Gasteiger charge is 2.12. The number of carbonyl (C=O) groups is 2. The maximum atomic E-state index is 12.4. The van der Waals surface area contributed by atoms with Crippen LogP contribution in [0.5, 0.6) is 11.5 Å². The molecule has 1 amide bonds. The minimum atomic E-state index is -0.350. The zero-order valence-corrected chi connectivity index (χ0v) is 15.8. The third-order valence-corrected chi connectivity index (χ3v) is 4.35. The number of Topliss-reactive ketones (excluding diaryl/α,β-unsaturated/α-hetero) is 1. The number of rotatable bonds is 5. The van der Waals surface area contributed by atoms with Gasteiger partial charge in [-0.1, -0.05) is 12.1 Å². The molecule has 0 atom stereocenters. The summed E-state index contributed by atoms with van der Waals surface area (Å²) >= 11 is 0. The van der Waals surface area contributed by atoms with Crippen molar-refractivity contribution < 1.29 is 19.1 Å². The van der Waals surface area contributed by atoms with Crippen LogP contribution in [-0.4, -0.2) is 29.9 Å². The van der Waals surface area contributed by atoms with Gasteiger partial charge in [0.1, 0.15) is 18.9 Å². The second kappa shape index (κ2) is 8.02. The van der Waals surface area contributed by atoms with Gasteiger partial charge in [0, 0.05) is 23.0 Å². The molecule has 2 aromatic carbocycles. The van der Waals surface area contributed by atoms with Gasteiger partial charge >= 0.3 is 0 Å². The van der Waals surface area contributed by atoms with Crippen molar-refractivity contribution in [1.29, 1.82) is 0 Å². The highest BCUT2D eigenvalue weighted by atomic mass is 16.6. The molecule has 29 heavy (non-hydrogen) atoms. The number of hydrogen-bond acceptors (Lipinski definition) is 6. The summed E-state index contributed by atoms with van der Waals surface area (Å²) in [5.74, 6) is 1.00. The SMILES string of the molecule is CC(=O)c1cccc(NC(=O)c2ccc(Nc3ccc4c(c3)OCCO4)cn2)c1. The van der Waals surface area contributed by atoms with Crippen LogP contribution in [0.4, 0.5) is 17.1 Å². The number of nitrogens with one attached hydrogen (secondary N) is 2. The Hall–Kier alpha value is -3.87. The van der Waals surface area contributed by atoms with Gasteiger partial charge in [-0.15, -0.1) is 0 Å². The van der Waals surface area contributed by atoms with E-state index in [0.717, 1.165) is 17.1 Å². The first-order chi connectivity index (χ1) is 14.1. The quantitative estimate of drug-likeness (QED) is 0.640. The van der Waals surface area contributed by atoms with E-state index in [1.807, 2.05) is 18.2 Å². The molecule has 0 spiro atoms. The van der Waals surface area contributed by atoms with E-state index in [1.165, 1.54) is 6.92 Å². The van der Waals surface area contributed by atoms with E-state index >= 15 is 0 Å². The molecule has 0 radical (unpaired) electrons. The smallest absolute Gasteiger partial charge is 0.274 e. The summed E-state index contributed by atoms with van der Waals surface area (Å²) in [6.45, 7) is 2.55. The molecule has 7 nitrogen and oxygen atoms in total. The van der Waals surface area contributed by atoms with Gasteiger partial charge in [0.2, 0.25) is 0 Å². The summed E-state index contributed by atoms with van der Waals surface area (Å²) in [4.78, 5) is 28.1. The molecule has 3 aromatic rings. The Balaban J connectivity index is 1.43. The Kier molecular flexibility index (Phi) is 5.11. The van der Waals surface area contributed by atoms with Crippen LogP contribution >= 0.6 is 0 Å². The predicted molar refractivity (Wildman–Crippen MR) is 109 cm³/mol. The van der Waals surface area contributed by atoms with Crippen molar-refractivity contribution in [2.24, 2.45) is 0 Å². The van der Waals surface area contributed by atoms with Crippen LogP contribution in [0.2, 0.25) is 0 Å². The van der Waals surface area contributed by atoms with Crippen LogP contribution in [0, 0.1) is 0 Å². The highest BCUT2D eigenvalue weighted by Crippen LogP contribution is 2.33. The Bertz CT molecular complexity index is 1060. The molecule has 0 bridgehead atoms. The van der Waals surface area contributed by atoms with Crippen LogP contribution in [0.1, 0.15) is 27.8 Å². The number of ketones is 1. The second-order valence-electron chi connectivity index (χ2n) is 6.51. The van der Waals surface area contributed by atoms with Crippen molar-refractivity contribution in [3.05, 3.63) is 72.1 Å². The van der Waals surface area contributed by atoms with Gasteiger partial charge in [0.15, 0.2) is 17.3 Å². The van der Waals surface area contributed by atoms with Crippen molar-refractivity contribution in [2.45, 2.75) is 6.92 Å². The lowest BCUT2D eigenvalue weighted by molar-refractivity contribution is 0.100. The van der Waals surface area contributed by atoms with E-state index in [2.05, 4.69) is 15.6 Å². The average molecular weight is 389 g/mol. The fourth-order valence-electron chi connectivity index (χ4n) is 2.90. The molecule has 1 aliphatic rings. The Labute approximate surface area is 167 Å². The van der Waals surface area contributed by atoms with Crippen LogP contribution in [0.3, 0.4) is 0 Å². The molecule has 1 aromatic heterocycles. The molecular formula is C22H19N3O4. The first kappa shape index (κ1) is 18.5. The predicted octanol–water partition coefficient (Wildman–Crippen LogP) is 4.05. The first-order valence-corrected chi connectivity index (χ1v) is 9.13. The monoisotopic (exact) mass is 389 g/mol. The van der Waals surface area contributed by atoms with Gasteiger partial charge in [0.25, 0.3) is 5.91 Å². The Morgan fingerprint density at radius 1 is 0.897 bits per heavy atom. The van der Waals surface area contributed by atoms with E-state index in [1.54, 1.807) is 42.6 Å². The van der Waals surface area contributed by atoms with Crippen LogP contribution in [0.15, 0.2) is 60.8 Å². The summed E-state index contributed by atoms with van der Waals surface area (Å²) in [5.41, 5.74) is 2.91. The van der Waals surface area contributed by atoms with E-state index in [0.29, 0.717) is 30.2 Å². The lowest BCUT2D eigenvalue weighted by Gasteiger charge is -2.19. The number of hydrogen-bond donors (Lipinski definition) is 2. The number of pyridine rings is 1. The normalized spacial score (nSPS) is 12.2. The molecule has 0 aliphatic carbocycles. The largest absolute Gasteiger partial charge is 0.486 e. The number of amides is 1. The summed E-state index contributed by atoms with van der Waals surface area (Å²) in [7, 11) is 0. The molecular weight excluding hydrogens is 370 g/mol. The van der Waals surface area contributed by atoms with Crippen molar-refractivity contribution >= 4 is 28.8 Å². The van der Waals surface area contributed by atoms with Crippen molar-refractivity contribution in [3.63, 3.8) is 0 Å². The number of carbonyl (C=O) groups excluding carboxylic acids is 2. The molecule has 146 valence electrons. The third kappa shape index (κ3) is 4.35.